The number of fused-ring (bicyclic) bond motifs is 3. The first kappa shape index (κ1) is 17.8. The molecule has 0 unspecified atom stereocenters. The third-order valence-electron chi connectivity index (χ3n) is 4.74. The van der Waals surface area contributed by atoms with Crippen molar-refractivity contribution in [2.45, 2.75) is 6.42 Å². The van der Waals surface area contributed by atoms with Gasteiger partial charge in [0, 0.05) is 34.0 Å². The highest BCUT2D eigenvalue weighted by Gasteiger charge is 2.12. The Hall–Kier alpha value is -2.56. The van der Waals surface area contributed by atoms with Gasteiger partial charge in [0.05, 0.1) is 10.7 Å². The fourth-order valence-electron chi connectivity index (χ4n) is 3.38. The molecule has 4 rings (SSSR count). The van der Waals surface area contributed by atoms with Crippen molar-refractivity contribution in [3.8, 4) is 0 Å². The molecule has 1 heterocycles. The van der Waals surface area contributed by atoms with Crippen LogP contribution < -0.4 is 5.32 Å². The number of likely N-dealkylation sites (N-methyl/N-ethyl adjacent to an activating group) is 1. The zero-order chi connectivity index (χ0) is 19.0. The number of benzene rings is 3. The van der Waals surface area contributed by atoms with E-state index in [1.165, 1.54) is 28.5 Å². The number of nitrogens with one attached hydrogen (secondary N) is 2. The van der Waals surface area contributed by atoms with Crippen LogP contribution in [0.5, 0.6) is 0 Å². The Morgan fingerprint density at radius 2 is 1.85 bits per heavy atom. The van der Waals surface area contributed by atoms with Gasteiger partial charge in [0.25, 0.3) is 0 Å². The first-order chi connectivity index (χ1) is 13.0. The molecule has 0 aliphatic rings. The van der Waals surface area contributed by atoms with E-state index in [9.17, 15) is 4.39 Å². The number of hydrogen-bond acceptors (Lipinski definition) is 2. The van der Waals surface area contributed by atoms with Gasteiger partial charge in [-0.2, -0.15) is 0 Å². The number of hydrogen-bond donors (Lipinski definition) is 2. The molecule has 0 spiro atoms. The standard InChI is InChI=1S/C22H21ClFN3/c1-27(2)10-9-14-11-16(25-21-8-7-15(24)12-19(21)23)13-18-17-5-3-4-6-20(17)26-22(14)18/h3-8,11-13,25-26H,9-10H2,1-2H3. The molecule has 0 saturated heterocycles. The number of H-pyrrole nitrogens is 1. The largest absolute Gasteiger partial charge is 0.354 e. The molecule has 4 aromatic rings. The minimum Gasteiger partial charge on any atom is -0.354 e. The molecule has 0 bridgehead atoms. The lowest BCUT2D eigenvalue weighted by molar-refractivity contribution is 0.414. The highest BCUT2D eigenvalue weighted by Crippen LogP contribution is 2.33. The van der Waals surface area contributed by atoms with E-state index >= 15 is 0 Å². The quantitative estimate of drug-likeness (QED) is 0.446. The van der Waals surface area contributed by atoms with Crippen LogP contribution in [0.2, 0.25) is 5.02 Å². The Kier molecular flexibility index (Phi) is 4.77. The molecule has 0 amide bonds. The molecule has 3 nitrogen and oxygen atoms in total. The Morgan fingerprint density at radius 1 is 1.04 bits per heavy atom. The summed E-state index contributed by atoms with van der Waals surface area (Å²) in [4.78, 5) is 5.73. The van der Waals surface area contributed by atoms with Gasteiger partial charge in [0.15, 0.2) is 0 Å². The monoisotopic (exact) mass is 381 g/mol. The number of para-hydroxylation sites is 1. The summed E-state index contributed by atoms with van der Waals surface area (Å²) in [5, 5.41) is 6.07. The van der Waals surface area contributed by atoms with E-state index in [0.29, 0.717) is 10.7 Å². The maximum Gasteiger partial charge on any atom is 0.124 e. The summed E-state index contributed by atoms with van der Waals surface area (Å²) in [6, 6.07) is 16.9. The van der Waals surface area contributed by atoms with Crippen LogP contribution in [0.3, 0.4) is 0 Å². The van der Waals surface area contributed by atoms with Gasteiger partial charge in [-0.15, -0.1) is 0 Å². The molecule has 0 atom stereocenters. The van der Waals surface area contributed by atoms with Crippen LogP contribution in [0.15, 0.2) is 54.6 Å². The second kappa shape index (κ2) is 7.22. The molecule has 2 N–H and O–H groups in total. The number of nitrogens with zero attached hydrogens (tertiary/aromatic N) is 1. The van der Waals surface area contributed by atoms with Gasteiger partial charge in [-0.05, 0) is 62.5 Å². The number of halogens is 2. The predicted octanol–water partition coefficient (Wildman–Crippen LogP) is 5.96. The molecule has 0 radical (unpaired) electrons. The second-order valence-electron chi connectivity index (χ2n) is 7.03. The zero-order valence-electron chi connectivity index (χ0n) is 15.3. The Labute approximate surface area is 162 Å². The van der Waals surface area contributed by atoms with Gasteiger partial charge < -0.3 is 15.2 Å². The van der Waals surface area contributed by atoms with Gasteiger partial charge in [-0.3, -0.25) is 0 Å². The SMILES string of the molecule is CN(C)CCc1cc(Nc2ccc(F)cc2Cl)cc2c1[nH]c1ccccc12. The molecular weight excluding hydrogens is 361 g/mol. The zero-order valence-corrected chi connectivity index (χ0v) is 16.1. The van der Waals surface area contributed by atoms with Crippen molar-refractivity contribution < 1.29 is 4.39 Å². The van der Waals surface area contributed by atoms with Crippen molar-refractivity contribution in [3.63, 3.8) is 0 Å². The first-order valence-electron chi connectivity index (χ1n) is 8.91. The van der Waals surface area contributed by atoms with Crippen LogP contribution in [0.1, 0.15) is 5.56 Å². The van der Waals surface area contributed by atoms with E-state index in [2.05, 4.69) is 53.6 Å². The third kappa shape index (κ3) is 3.64. The molecule has 0 saturated carbocycles. The molecular formula is C22H21ClFN3. The fraction of sp³-hybridized carbons (Fsp3) is 0.182. The van der Waals surface area contributed by atoms with E-state index in [-0.39, 0.29) is 5.82 Å². The highest BCUT2D eigenvalue weighted by molar-refractivity contribution is 6.33. The normalized spacial score (nSPS) is 11.6. The van der Waals surface area contributed by atoms with Gasteiger partial charge in [0.2, 0.25) is 0 Å². The molecule has 0 fully saturated rings. The highest BCUT2D eigenvalue weighted by atomic mass is 35.5. The Morgan fingerprint density at radius 3 is 2.63 bits per heavy atom. The Balaban J connectivity index is 1.83. The summed E-state index contributed by atoms with van der Waals surface area (Å²) in [7, 11) is 4.14. The molecule has 5 heteroatoms. The summed E-state index contributed by atoms with van der Waals surface area (Å²) in [6.45, 7) is 0.950. The smallest absolute Gasteiger partial charge is 0.124 e. The number of aromatic nitrogens is 1. The lowest BCUT2D eigenvalue weighted by atomic mass is 10.0. The summed E-state index contributed by atoms with van der Waals surface area (Å²) < 4.78 is 13.3. The Bertz CT molecular complexity index is 1120. The van der Waals surface area contributed by atoms with Crippen LogP contribution in [-0.2, 0) is 6.42 Å². The third-order valence-corrected chi connectivity index (χ3v) is 5.05. The minimum atomic E-state index is -0.343. The number of anilines is 2. The van der Waals surface area contributed by atoms with Gasteiger partial charge in [-0.1, -0.05) is 29.8 Å². The van der Waals surface area contributed by atoms with E-state index in [1.807, 2.05) is 12.1 Å². The topological polar surface area (TPSA) is 31.1 Å². The van der Waals surface area contributed by atoms with Crippen LogP contribution in [0.25, 0.3) is 21.8 Å². The van der Waals surface area contributed by atoms with E-state index in [1.54, 1.807) is 6.07 Å². The van der Waals surface area contributed by atoms with Crippen molar-refractivity contribution in [1.29, 1.82) is 0 Å². The summed E-state index contributed by atoms with van der Waals surface area (Å²) in [5.41, 5.74) is 5.15. The van der Waals surface area contributed by atoms with Crippen molar-refractivity contribution >= 4 is 44.8 Å². The maximum atomic E-state index is 13.3. The molecule has 3 aromatic carbocycles. The van der Waals surface area contributed by atoms with Crippen LogP contribution in [-0.4, -0.2) is 30.5 Å². The van der Waals surface area contributed by atoms with E-state index in [0.717, 1.165) is 29.7 Å². The minimum absolute atomic E-state index is 0.343. The van der Waals surface area contributed by atoms with E-state index < -0.39 is 0 Å². The number of rotatable bonds is 5. The van der Waals surface area contributed by atoms with Crippen molar-refractivity contribution in [2.75, 3.05) is 26.0 Å². The average Bonchev–Trinajstić information content (AvgIpc) is 3.01. The van der Waals surface area contributed by atoms with Gasteiger partial charge in [-0.25, -0.2) is 4.39 Å². The fourth-order valence-corrected chi connectivity index (χ4v) is 3.60. The molecule has 1 aromatic heterocycles. The van der Waals surface area contributed by atoms with Crippen LogP contribution >= 0.6 is 11.6 Å². The first-order valence-corrected chi connectivity index (χ1v) is 9.29. The van der Waals surface area contributed by atoms with Crippen molar-refractivity contribution in [1.82, 2.24) is 9.88 Å². The predicted molar refractivity (Wildman–Crippen MR) is 113 cm³/mol. The second-order valence-corrected chi connectivity index (χ2v) is 7.44. The van der Waals surface area contributed by atoms with Crippen molar-refractivity contribution in [3.05, 3.63) is 71.0 Å². The summed E-state index contributed by atoms with van der Waals surface area (Å²) >= 11 is 6.20. The average molecular weight is 382 g/mol. The van der Waals surface area contributed by atoms with E-state index in [4.69, 9.17) is 11.6 Å². The maximum absolute atomic E-state index is 13.3. The lowest BCUT2D eigenvalue weighted by Crippen LogP contribution is -2.15. The van der Waals surface area contributed by atoms with Crippen molar-refractivity contribution in [2.24, 2.45) is 0 Å². The van der Waals surface area contributed by atoms with Gasteiger partial charge >= 0.3 is 0 Å². The lowest BCUT2D eigenvalue weighted by Gasteiger charge is -2.14. The molecule has 0 aliphatic heterocycles. The molecule has 27 heavy (non-hydrogen) atoms. The molecule has 0 aliphatic carbocycles. The summed E-state index contributed by atoms with van der Waals surface area (Å²) in [6.07, 6.45) is 0.920. The van der Waals surface area contributed by atoms with Crippen LogP contribution in [0.4, 0.5) is 15.8 Å². The van der Waals surface area contributed by atoms with Crippen LogP contribution in [0, 0.1) is 5.82 Å². The summed E-state index contributed by atoms with van der Waals surface area (Å²) in [5.74, 6) is -0.343. The molecule has 138 valence electrons. The number of aromatic amines is 1. The van der Waals surface area contributed by atoms with Gasteiger partial charge in [0.1, 0.15) is 5.82 Å².